The first-order valence-electron chi connectivity index (χ1n) is 8.16. The number of aryl methyl sites for hydroxylation is 1. The van der Waals surface area contributed by atoms with E-state index in [1.54, 1.807) is 12.1 Å². The van der Waals surface area contributed by atoms with Crippen molar-refractivity contribution in [2.75, 3.05) is 0 Å². The van der Waals surface area contributed by atoms with Crippen molar-refractivity contribution in [3.05, 3.63) is 71.2 Å². The van der Waals surface area contributed by atoms with Gasteiger partial charge < -0.3 is 4.57 Å². The summed E-state index contributed by atoms with van der Waals surface area (Å²) in [4.78, 5) is 0. The minimum Gasteiger partial charge on any atom is -0.340 e. The molecule has 0 N–H and O–H groups in total. The van der Waals surface area contributed by atoms with Crippen LogP contribution in [0.5, 0.6) is 0 Å². The number of nitrogens with zero attached hydrogens (tertiary/aromatic N) is 1. The maximum absolute atomic E-state index is 13.7. The van der Waals surface area contributed by atoms with E-state index in [1.807, 2.05) is 12.1 Å². The first-order chi connectivity index (χ1) is 10.8. The minimum atomic E-state index is -0.128. The van der Waals surface area contributed by atoms with Gasteiger partial charge in [0.15, 0.2) is 0 Å². The molecule has 0 atom stereocenters. The zero-order chi connectivity index (χ0) is 14.9. The predicted molar refractivity (Wildman–Crippen MR) is 88.7 cm³/mol. The van der Waals surface area contributed by atoms with Crippen LogP contribution in [0.25, 0.3) is 10.9 Å². The number of rotatable bonds is 2. The summed E-state index contributed by atoms with van der Waals surface area (Å²) in [5.74, 6) is -0.128. The summed E-state index contributed by atoms with van der Waals surface area (Å²) in [6.07, 6.45) is 5.92. The summed E-state index contributed by atoms with van der Waals surface area (Å²) < 4.78 is 16.1. The Kier molecular flexibility index (Phi) is 3.45. The largest absolute Gasteiger partial charge is 0.340 e. The molecule has 0 saturated carbocycles. The van der Waals surface area contributed by atoms with Crippen LogP contribution in [-0.2, 0) is 19.4 Å². The third-order valence-electron chi connectivity index (χ3n) is 4.77. The van der Waals surface area contributed by atoms with E-state index in [2.05, 4.69) is 28.8 Å². The van der Waals surface area contributed by atoms with Crippen LogP contribution in [0.15, 0.2) is 48.5 Å². The van der Waals surface area contributed by atoms with Crippen molar-refractivity contribution in [2.45, 2.75) is 38.6 Å². The van der Waals surface area contributed by atoms with Crippen LogP contribution in [0.4, 0.5) is 4.39 Å². The molecule has 0 spiro atoms. The number of hydrogen-bond donors (Lipinski definition) is 0. The maximum Gasteiger partial charge on any atom is 0.123 e. The zero-order valence-corrected chi connectivity index (χ0v) is 12.7. The van der Waals surface area contributed by atoms with Gasteiger partial charge in [-0.2, -0.15) is 0 Å². The van der Waals surface area contributed by atoms with E-state index in [9.17, 15) is 4.39 Å². The fraction of sp³-hybridized carbons (Fsp3) is 0.300. The Morgan fingerprint density at radius 1 is 0.909 bits per heavy atom. The Bertz CT molecular complexity index is 801. The number of fused-ring (bicyclic) bond motifs is 3. The monoisotopic (exact) mass is 293 g/mol. The van der Waals surface area contributed by atoms with E-state index in [1.165, 1.54) is 41.6 Å². The lowest BCUT2D eigenvalue weighted by molar-refractivity contribution is 0.629. The van der Waals surface area contributed by atoms with Crippen LogP contribution in [0.2, 0.25) is 0 Å². The third-order valence-corrected chi connectivity index (χ3v) is 4.77. The van der Waals surface area contributed by atoms with Gasteiger partial charge in [0.25, 0.3) is 0 Å². The molecule has 0 radical (unpaired) electrons. The van der Waals surface area contributed by atoms with E-state index in [0.29, 0.717) is 0 Å². The van der Waals surface area contributed by atoms with Crippen LogP contribution in [-0.4, -0.2) is 4.57 Å². The van der Waals surface area contributed by atoms with Gasteiger partial charge in [-0.05, 0) is 55.0 Å². The van der Waals surface area contributed by atoms with E-state index in [-0.39, 0.29) is 5.82 Å². The van der Waals surface area contributed by atoms with Crippen LogP contribution in [0, 0.1) is 5.82 Å². The highest BCUT2D eigenvalue weighted by atomic mass is 19.1. The molecule has 0 fully saturated rings. The summed E-state index contributed by atoms with van der Waals surface area (Å²) in [5.41, 5.74) is 5.28. The van der Waals surface area contributed by atoms with Gasteiger partial charge in [-0.15, -0.1) is 0 Å². The maximum atomic E-state index is 13.7. The Morgan fingerprint density at radius 3 is 2.59 bits per heavy atom. The molecule has 1 heterocycles. The van der Waals surface area contributed by atoms with Gasteiger partial charge in [-0.1, -0.05) is 36.8 Å². The molecule has 0 saturated heterocycles. The zero-order valence-electron chi connectivity index (χ0n) is 12.7. The van der Waals surface area contributed by atoms with Crippen molar-refractivity contribution in [3.63, 3.8) is 0 Å². The van der Waals surface area contributed by atoms with Crippen molar-refractivity contribution in [1.82, 2.24) is 4.57 Å². The molecule has 4 rings (SSSR count). The van der Waals surface area contributed by atoms with Crippen LogP contribution >= 0.6 is 0 Å². The molecule has 0 aliphatic heterocycles. The van der Waals surface area contributed by atoms with Gasteiger partial charge in [-0.3, -0.25) is 0 Å². The highest BCUT2D eigenvalue weighted by Crippen LogP contribution is 2.32. The van der Waals surface area contributed by atoms with Crippen molar-refractivity contribution >= 4 is 10.9 Å². The highest BCUT2D eigenvalue weighted by molar-refractivity contribution is 5.86. The number of hydrogen-bond acceptors (Lipinski definition) is 0. The van der Waals surface area contributed by atoms with Crippen molar-refractivity contribution in [1.29, 1.82) is 0 Å². The Hall–Kier alpha value is -2.09. The van der Waals surface area contributed by atoms with Crippen LogP contribution in [0.3, 0.4) is 0 Å². The molecule has 1 nitrogen and oxygen atoms in total. The molecule has 0 bridgehead atoms. The van der Waals surface area contributed by atoms with Gasteiger partial charge in [0.05, 0.1) is 0 Å². The number of aromatic nitrogens is 1. The average Bonchev–Trinajstić information content (AvgIpc) is 2.70. The van der Waals surface area contributed by atoms with Gasteiger partial charge in [0.1, 0.15) is 5.82 Å². The predicted octanol–water partition coefficient (Wildman–Crippen LogP) is 5.10. The summed E-state index contributed by atoms with van der Waals surface area (Å²) in [7, 11) is 0. The summed E-state index contributed by atoms with van der Waals surface area (Å²) in [5, 5.41) is 1.12. The summed E-state index contributed by atoms with van der Waals surface area (Å²) in [6.45, 7) is 0.873. The molecule has 112 valence electrons. The lowest BCUT2D eigenvalue weighted by Crippen LogP contribution is -2.05. The van der Waals surface area contributed by atoms with Gasteiger partial charge in [-0.25, -0.2) is 4.39 Å². The molecule has 2 heteroatoms. The van der Waals surface area contributed by atoms with E-state index in [0.717, 1.165) is 24.8 Å². The lowest BCUT2D eigenvalue weighted by Gasteiger charge is -2.11. The second-order valence-electron chi connectivity index (χ2n) is 6.22. The van der Waals surface area contributed by atoms with Gasteiger partial charge in [0, 0.05) is 23.1 Å². The number of halogens is 1. The Morgan fingerprint density at radius 2 is 1.73 bits per heavy atom. The smallest absolute Gasteiger partial charge is 0.123 e. The average molecular weight is 293 g/mol. The SMILES string of the molecule is Fc1ccc2c(c1)c1c(n2Cc2ccccc2)CCCCC1. The van der Waals surface area contributed by atoms with E-state index in [4.69, 9.17) is 0 Å². The standard InChI is InChI=1S/C20H20FN/c21-16-11-12-20-18(13-16)17-9-5-2-6-10-19(17)22(20)14-15-7-3-1-4-8-15/h1,3-4,7-8,11-13H,2,5-6,9-10,14H2. The fourth-order valence-corrected chi connectivity index (χ4v) is 3.73. The molecule has 22 heavy (non-hydrogen) atoms. The van der Waals surface area contributed by atoms with Gasteiger partial charge >= 0.3 is 0 Å². The Labute approximate surface area is 130 Å². The fourth-order valence-electron chi connectivity index (χ4n) is 3.73. The first kappa shape index (κ1) is 13.6. The molecule has 0 unspecified atom stereocenters. The molecular formula is C20H20FN. The second-order valence-corrected chi connectivity index (χ2v) is 6.22. The van der Waals surface area contributed by atoms with Crippen molar-refractivity contribution in [3.8, 4) is 0 Å². The quantitative estimate of drug-likeness (QED) is 0.579. The normalized spacial score (nSPS) is 14.8. The molecule has 1 aliphatic rings. The highest BCUT2D eigenvalue weighted by Gasteiger charge is 2.19. The topological polar surface area (TPSA) is 4.93 Å². The molecule has 3 aromatic rings. The molecule has 2 aromatic carbocycles. The minimum absolute atomic E-state index is 0.128. The van der Waals surface area contributed by atoms with Crippen molar-refractivity contribution in [2.24, 2.45) is 0 Å². The van der Waals surface area contributed by atoms with E-state index < -0.39 is 0 Å². The first-order valence-corrected chi connectivity index (χ1v) is 8.16. The number of benzene rings is 2. The lowest BCUT2D eigenvalue weighted by atomic mass is 10.1. The van der Waals surface area contributed by atoms with Crippen LogP contribution in [0.1, 0.15) is 36.1 Å². The molecule has 0 amide bonds. The van der Waals surface area contributed by atoms with Crippen molar-refractivity contribution < 1.29 is 4.39 Å². The summed E-state index contributed by atoms with van der Waals surface area (Å²) >= 11 is 0. The van der Waals surface area contributed by atoms with Crippen LogP contribution < -0.4 is 0 Å². The summed E-state index contributed by atoms with van der Waals surface area (Å²) in [6, 6.07) is 15.8. The van der Waals surface area contributed by atoms with E-state index >= 15 is 0 Å². The second kappa shape index (κ2) is 5.60. The van der Waals surface area contributed by atoms with Gasteiger partial charge in [0.2, 0.25) is 0 Å². The third kappa shape index (κ3) is 2.33. The Balaban J connectivity index is 1.90. The molecular weight excluding hydrogens is 273 g/mol. The molecule has 1 aromatic heterocycles. The molecule has 1 aliphatic carbocycles.